The van der Waals surface area contributed by atoms with Crippen LogP contribution in [-0.2, 0) is 10.9 Å². The third-order valence-electron chi connectivity index (χ3n) is 2.64. The highest BCUT2D eigenvalue weighted by Crippen LogP contribution is 2.28. The van der Waals surface area contributed by atoms with Gasteiger partial charge in [0.2, 0.25) is 0 Å². The summed E-state index contributed by atoms with van der Waals surface area (Å²) < 4.78 is 43.5. The minimum atomic E-state index is -4.55. The topological polar surface area (TPSA) is 70.1 Å². The quantitative estimate of drug-likeness (QED) is 0.698. The number of halogens is 3. The molecule has 0 fully saturated rings. The smallest absolute Gasteiger partial charge is 0.435 e. The third-order valence-corrected chi connectivity index (χ3v) is 2.64. The van der Waals surface area contributed by atoms with E-state index in [4.69, 9.17) is 10.5 Å². The summed E-state index contributed by atoms with van der Waals surface area (Å²) in [6.07, 6.45) is -3.43. The number of ether oxygens (including phenoxy) is 1. The van der Waals surface area contributed by atoms with Gasteiger partial charge in [-0.1, -0.05) is 0 Å². The normalized spacial score (nSPS) is 11.4. The fraction of sp³-hybridized carbons (Fsp3) is 0.231. The number of alkyl halides is 3. The third kappa shape index (κ3) is 3.15. The average Bonchev–Trinajstić information content (AvgIpc) is 2.88. The zero-order chi connectivity index (χ0) is 15.6. The Bertz CT molecular complexity index is 665. The summed E-state index contributed by atoms with van der Waals surface area (Å²) in [6.45, 7) is 1.76. The second-order valence-corrected chi connectivity index (χ2v) is 4.14. The molecule has 2 N–H and O–H groups in total. The maximum atomic E-state index is 12.6. The van der Waals surface area contributed by atoms with E-state index in [1.54, 1.807) is 6.92 Å². The fourth-order valence-corrected chi connectivity index (χ4v) is 1.74. The van der Waals surface area contributed by atoms with Crippen LogP contribution in [-0.4, -0.2) is 22.4 Å². The van der Waals surface area contributed by atoms with Crippen LogP contribution in [0.5, 0.6) is 0 Å². The molecule has 1 aromatic carbocycles. The molecule has 0 aliphatic heterocycles. The van der Waals surface area contributed by atoms with Gasteiger partial charge in [-0.05, 0) is 31.2 Å². The molecule has 0 unspecified atom stereocenters. The molecule has 1 heterocycles. The first-order valence-corrected chi connectivity index (χ1v) is 6.03. The fourth-order valence-electron chi connectivity index (χ4n) is 1.74. The van der Waals surface area contributed by atoms with Gasteiger partial charge < -0.3 is 10.5 Å². The van der Waals surface area contributed by atoms with Crippen molar-refractivity contribution in [2.75, 3.05) is 12.3 Å². The van der Waals surface area contributed by atoms with E-state index in [1.165, 1.54) is 18.2 Å². The summed E-state index contributed by atoms with van der Waals surface area (Å²) in [5, 5.41) is 3.43. The highest BCUT2D eigenvalue weighted by Gasteiger charge is 2.34. The lowest BCUT2D eigenvalue weighted by Gasteiger charge is -2.10. The van der Waals surface area contributed by atoms with E-state index < -0.39 is 17.8 Å². The number of aromatic nitrogens is 2. The van der Waals surface area contributed by atoms with Crippen molar-refractivity contribution in [3.05, 3.63) is 41.7 Å². The van der Waals surface area contributed by atoms with Gasteiger partial charge >= 0.3 is 12.1 Å². The Hall–Kier alpha value is -2.51. The number of carbonyl (C=O) groups excluding carboxylic acids is 1. The summed E-state index contributed by atoms with van der Waals surface area (Å²) in [5.41, 5.74) is 5.06. The molecule has 0 amide bonds. The summed E-state index contributed by atoms with van der Waals surface area (Å²) in [6, 6.07) is 5.04. The molecule has 112 valence electrons. The SMILES string of the molecule is CCOC(=O)c1cc(N)ccc1-n1ccc(C(F)(F)F)n1. The van der Waals surface area contributed by atoms with Crippen molar-refractivity contribution < 1.29 is 22.7 Å². The van der Waals surface area contributed by atoms with Crippen LogP contribution < -0.4 is 5.73 Å². The maximum Gasteiger partial charge on any atom is 0.435 e. The number of esters is 1. The van der Waals surface area contributed by atoms with Gasteiger partial charge in [0, 0.05) is 11.9 Å². The Kier molecular flexibility index (Phi) is 3.88. The number of benzene rings is 1. The van der Waals surface area contributed by atoms with Gasteiger partial charge in [0.15, 0.2) is 5.69 Å². The first-order valence-electron chi connectivity index (χ1n) is 6.03. The monoisotopic (exact) mass is 299 g/mol. The molecule has 1 aromatic heterocycles. The number of carbonyl (C=O) groups is 1. The Morgan fingerprint density at radius 3 is 2.67 bits per heavy atom. The zero-order valence-electron chi connectivity index (χ0n) is 11.0. The number of anilines is 1. The molecule has 0 bridgehead atoms. The van der Waals surface area contributed by atoms with E-state index in [-0.39, 0.29) is 17.9 Å². The van der Waals surface area contributed by atoms with E-state index >= 15 is 0 Å². The first kappa shape index (κ1) is 14.9. The Morgan fingerprint density at radius 1 is 1.38 bits per heavy atom. The lowest BCUT2D eigenvalue weighted by molar-refractivity contribution is -0.141. The molecule has 8 heteroatoms. The number of nitrogen functional groups attached to an aromatic ring is 1. The largest absolute Gasteiger partial charge is 0.462 e. The molecule has 2 aromatic rings. The minimum Gasteiger partial charge on any atom is -0.462 e. The van der Waals surface area contributed by atoms with Crippen molar-refractivity contribution in [1.82, 2.24) is 9.78 Å². The summed E-state index contributed by atoms with van der Waals surface area (Å²) in [4.78, 5) is 11.9. The van der Waals surface area contributed by atoms with Crippen LogP contribution in [0.15, 0.2) is 30.5 Å². The predicted molar refractivity (Wildman–Crippen MR) is 68.9 cm³/mol. The van der Waals surface area contributed by atoms with Crippen LogP contribution in [0.25, 0.3) is 5.69 Å². The molecule has 0 spiro atoms. The van der Waals surface area contributed by atoms with Gasteiger partial charge in [0.05, 0.1) is 17.9 Å². The number of rotatable bonds is 3. The van der Waals surface area contributed by atoms with Crippen molar-refractivity contribution in [1.29, 1.82) is 0 Å². The molecule has 0 aliphatic carbocycles. The Labute approximate surface area is 118 Å². The van der Waals surface area contributed by atoms with Gasteiger partial charge in [0.1, 0.15) is 0 Å². The second kappa shape index (κ2) is 5.47. The molecule has 0 aliphatic rings. The molecular formula is C13H12F3N3O2. The summed E-state index contributed by atoms with van der Waals surface area (Å²) >= 11 is 0. The lowest BCUT2D eigenvalue weighted by atomic mass is 10.1. The molecule has 0 radical (unpaired) electrons. The molecule has 2 rings (SSSR count). The van der Waals surface area contributed by atoms with Crippen molar-refractivity contribution >= 4 is 11.7 Å². The summed E-state index contributed by atoms with van der Waals surface area (Å²) in [5.74, 6) is -0.677. The minimum absolute atomic E-state index is 0.0497. The zero-order valence-corrected chi connectivity index (χ0v) is 11.0. The van der Waals surface area contributed by atoms with Crippen LogP contribution in [0.2, 0.25) is 0 Å². The van der Waals surface area contributed by atoms with Gasteiger partial charge in [-0.25, -0.2) is 9.48 Å². The van der Waals surface area contributed by atoms with Crippen LogP contribution >= 0.6 is 0 Å². The summed E-state index contributed by atoms with van der Waals surface area (Å²) in [7, 11) is 0. The predicted octanol–water partition coefficient (Wildman–Crippen LogP) is 2.65. The van der Waals surface area contributed by atoms with Crippen LogP contribution in [0.4, 0.5) is 18.9 Å². The average molecular weight is 299 g/mol. The number of hydrogen-bond acceptors (Lipinski definition) is 4. The van der Waals surface area contributed by atoms with E-state index in [2.05, 4.69) is 5.10 Å². The van der Waals surface area contributed by atoms with Crippen LogP contribution in [0.3, 0.4) is 0 Å². The van der Waals surface area contributed by atoms with Gasteiger partial charge in [0.25, 0.3) is 0 Å². The molecule has 0 atom stereocenters. The first-order chi connectivity index (χ1) is 9.82. The lowest BCUT2D eigenvalue weighted by Crippen LogP contribution is -2.12. The Balaban J connectivity index is 2.48. The van der Waals surface area contributed by atoms with E-state index in [1.807, 2.05) is 0 Å². The van der Waals surface area contributed by atoms with Crippen molar-refractivity contribution in [3.8, 4) is 5.69 Å². The number of nitrogens with two attached hydrogens (primary N) is 1. The molecule has 0 saturated carbocycles. The van der Waals surface area contributed by atoms with Crippen LogP contribution in [0, 0.1) is 0 Å². The molecule has 5 nitrogen and oxygen atoms in total. The van der Waals surface area contributed by atoms with E-state index in [9.17, 15) is 18.0 Å². The molecule has 0 saturated heterocycles. The van der Waals surface area contributed by atoms with Crippen LogP contribution in [0.1, 0.15) is 23.0 Å². The highest BCUT2D eigenvalue weighted by molar-refractivity contribution is 5.94. The molecular weight excluding hydrogens is 287 g/mol. The van der Waals surface area contributed by atoms with Crippen molar-refractivity contribution in [2.45, 2.75) is 13.1 Å². The number of nitrogens with zero attached hydrogens (tertiary/aromatic N) is 2. The molecule has 21 heavy (non-hydrogen) atoms. The highest BCUT2D eigenvalue weighted by atomic mass is 19.4. The second-order valence-electron chi connectivity index (χ2n) is 4.14. The Morgan fingerprint density at radius 2 is 2.10 bits per heavy atom. The maximum absolute atomic E-state index is 12.6. The van der Waals surface area contributed by atoms with Gasteiger partial charge in [-0.3, -0.25) is 0 Å². The van der Waals surface area contributed by atoms with E-state index in [0.717, 1.165) is 16.9 Å². The van der Waals surface area contributed by atoms with Gasteiger partial charge in [-0.15, -0.1) is 0 Å². The number of hydrogen-bond donors (Lipinski definition) is 1. The standard InChI is InChI=1S/C13H12F3N3O2/c1-2-21-12(20)9-7-8(17)3-4-10(9)19-6-5-11(18-19)13(14,15)16/h3-7H,2,17H2,1H3. The van der Waals surface area contributed by atoms with Crippen molar-refractivity contribution in [2.24, 2.45) is 0 Å². The van der Waals surface area contributed by atoms with Crippen molar-refractivity contribution in [3.63, 3.8) is 0 Å². The van der Waals surface area contributed by atoms with Gasteiger partial charge in [-0.2, -0.15) is 18.3 Å². The van der Waals surface area contributed by atoms with E-state index in [0.29, 0.717) is 5.69 Å².